The number of carboxylic acids is 1. The van der Waals surface area contributed by atoms with E-state index < -0.39 is 17.5 Å². The largest absolute Gasteiger partial charge is 0.479 e. The fraction of sp³-hybridized carbons (Fsp3) is 0.278. The van der Waals surface area contributed by atoms with Gasteiger partial charge in [0, 0.05) is 23.1 Å². The van der Waals surface area contributed by atoms with Crippen molar-refractivity contribution in [2.24, 2.45) is 0 Å². The lowest BCUT2D eigenvalue weighted by molar-refractivity contribution is -0.148. The SMILES string of the molecule is O=C(Nc1cc(Cl)nc(Cl)c1)N1CCCC1(Cc1ccc(Br)cc1)C(=O)O. The van der Waals surface area contributed by atoms with Crippen LogP contribution in [0.15, 0.2) is 40.9 Å². The Morgan fingerprint density at radius 1 is 1.22 bits per heavy atom. The predicted molar refractivity (Wildman–Crippen MR) is 107 cm³/mol. The topological polar surface area (TPSA) is 82.5 Å². The Hall–Kier alpha value is -1.83. The monoisotopic (exact) mass is 471 g/mol. The molecule has 3 rings (SSSR count). The molecule has 142 valence electrons. The van der Waals surface area contributed by atoms with Gasteiger partial charge in [-0.3, -0.25) is 0 Å². The standard InChI is InChI=1S/C18H16BrCl2N3O3/c19-12-4-2-11(3-5-12)10-18(16(25)26)6-1-7-24(18)17(27)22-13-8-14(20)23-15(21)9-13/h2-5,8-9H,1,6-7,10H2,(H,25,26)(H,22,23,27). The van der Waals surface area contributed by atoms with E-state index in [1.165, 1.54) is 17.0 Å². The zero-order valence-corrected chi connectivity index (χ0v) is 17.2. The Balaban J connectivity index is 1.86. The summed E-state index contributed by atoms with van der Waals surface area (Å²) in [5.74, 6) is -1.02. The molecular weight excluding hydrogens is 457 g/mol. The molecule has 6 nitrogen and oxygen atoms in total. The van der Waals surface area contributed by atoms with Gasteiger partial charge in [-0.25, -0.2) is 14.6 Å². The maximum absolute atomic E-state index is 12.8. The van der Waals surface area contributed by atoms with Crippen molar-refractivity contribution in [2.75, 3.05) is 11.9 Å². The highest BCUT2D eigenvalue weighted by molar-refractivity contribution is 9.10. The van der Waals surface area contributed by atoms with Crippen LogP contribution in [0.5, 0.6) is 0 Å². The molecule has 2 N–H and O–H groups in total. The number of aliphatic carboxylic acids is 1. The smallest absolute Gasteiger partial charge is 0.330 e. The first-order valence-corrected chi connectivity index (χ1v) is 9.75. The first kappa shape index (κ1) is 19.9. The number of nitrogens with one attached hydrogen (secondary N) is 1. The minimum atomic E-state index is -1.31. The van der Waals surface area contributed by atoms with Gasteiger partial charge >= 0.3 is 12.0 Å². The van der Waals surface area contributed by atoms with Gasteiger partial charge in [-0.1, -0.05) is 51.3 Å². The molecular formula is C18H16BrCl2N3O3. The van der Waals surface area contributed by atoms with Gasteiger partial charge < -0.3 is 15.3 Å². The van der Waals surface area contributed by atoms with Gasteiger partial charge in [0.2, 0.25) is 0 Å². The highest BCUT2D eigenvalue weighted by Gasteiger charge is 2.50. The first-order valence-electron chi connectivity index (χ1n) is 8.20. The second kappa shape index (κ2) is 8.04. The molecule has 1 saturated heterocycles. The molecule has 1 fully saturated rings. The molecule has 1 aromatic carbocycles. The summed E-state index contributed by atoms with van der Waals surface area (Å²) in [6.07, 6.45) is 1.21. The summed E-state index contributed by atoms with van der Waals surface area (Å²) >= 11 is 15.1. The highest BCUT2D eigenvalue weighted by atomic mass is 79.9. The molecule has 2 aromatic rings. The van der Waals surface area contributed by atoms with E-state index in [0.717, 1.165) is 10.0 Å². The molecule has 1 aliphatic heterocycles. The third kappa shape index (κ3) is 4.36. The fourth-order valence-corrected chi connectivity index (χ4v) is 4.05. The Bertz CT molecular complexity index is 858. The number of aromatic nitrogens is 1. The van der Waals surface area contributed by atoms with Gasteiger partial charge in [-0.2, -0.15) is 0 Å². The average Bonchev–Trinajstić information content (AvgIpc) is 3.01. The van der Waals surface area contributed by atoms with Crippen LogP contribution in [0.1, 0.15) is 18.4 Å². The lowest BCUT2D eigenvalue weighted by Gasteiger charge is -2.35. The van der Waals surface area contributed by atoms with Gasteiger partial charge in [0.15, 0.2) is 0 Å². The minimum absolute atomic E-state index is 0.138. The van der Waals surface area contributed by atoms with Crippen molar-refractivity contribution < 1.29 is 14.7 Å². The number of hydrogen-bond acceptors (Lipinski definition) is 3. The maximum atomic E-state index is 12.8. The number of nitrogens with zero attached hydrogens (tertiary/aromatic N) is 2. The number of benzene rings is 1. The molecule has 9 heteroatoms. The molecule has 1 atom stereocenters. The molecule has 2 amide bonds. The van der Waals surface area contributed by atoms with Crippen molar-refractivity contribution in [1.29, 1.82) is 0 Å². The van der Waals surface area contributed by atoms with Gasteiger partial charge in [0.25, 0.3) is 0 Å². The van der Waals surface area contributed by atoms with Crippen LogP contribution in [0.3, 0.4) is 0 Å². The van der Waals surface area contributed by atoms with Gasteiger partial charge in [0.05, 0.1) is 0 Å². The number of anilines is 1. The van der Waals surface area contributed by atoms with Crippen LogP contribution in [0.25, 0.3) is 0 Å². The molecule has 0 aliphatic carbocycles. The number of carboxylic acid groups (broad SMARTS) is 1. The average molecular weight is 473 g/mol. The summed E-state index contributed by atoms with van der Waals surface area (Å²) in [5.41, 5.74) is -0.103. The van der Waals surface area contributed by atoms with Crippen molar-refractivity contribution in [1.82, 2.24) is 9.88 Å². The van der Waals surface area contributed by atoms with Crippen LogP contribution >= 0.6 is 39.1 Å². The van der Waals surface area contributed by atoms with Gasteiger partial charge in [-0.15, -0.1) is 0 Å². The third-order valence-electron chi connectivity index (χ3n) is 4.56. The number of carbonyl (C=O) groups excluding carboxylic acids is 1. The molecule has 0 spiro atoms. The van der Waals surface area contributed by atoms with Crippen LogP contribution in [0.4, 0.5) is 10.5 Å². The maximum Gasteiger partial charge on any atom is 0.330 e. The normalized spacial score (nSPS) is 19.1. The van der Waals surface area contributed by atoms with Crippen molar-refractivity contribution in [3.63, 3.8) is 0 Å². The third-order valence-corrected chi connectivity index (χ3v) is 5.47. The molecule has 1 aliphatic rings. The second-order valence-corrected chi connectivity index (χ2v) is 8.02. The van der Waals surface area contributed by atoms with E-state index in [0.29, 0.717) is 25.1 Å². The van der Waals surface area contributed by atoms with Gasteiger partial charge in [0.1, 0.15) is 15.8 Å². The molecule has 0 saturated carbocycles. The van der Waals surface area contributed by atoms with E-state index >= 15 is 0 Å². The Kier molecular flexibility index (Phi) is 5.93. The van der Waals surface area contributed by atoms with Crippen molar-refractivity contribution in [3.05, 3.63) is 56.7 Å². The number of rotatable bonds is 4. The van der Waals surface area contributed by atoms with Crippen molar-refractivity contribution in [2.45, 2.75) is 24.8 Å². The Morgan fingerprint density at radius 2 is 1.85 bits per heavy atom. The van der Waals surface area contributed by atoms with E-state index in [9.17, 15) is 14.7 Å². The summed E-state index contributed by atoms with van der Waals surface area (Å²) in [5, 5.41) is 12.9. The number of amides is 2. The van der Waals surface area contributed by atoms with Crippen LogP contribution in [-0.2, 0) is 11.2 Å². The highest BCUT2D eigenvalue weighted by Crippen LogP contribution is 2.34. The zero-order valence-electron chi connectivity index (χ0n) is 14.1. The predicted octanol–water partition coefficient (Wildman–Crippen LogP) is 4.84. The summed E-state index contributed by atoms with van der Waals surface area (Å²) in [7, 11) is 0. The minimum Gasteiger partial charge on any atom is -0.479 e. The lowest BCUT2D eigenvalue weighted by Crippen LogP contribution is -2.55. The Labute approximate surface area is 174 Å². The molecule has 27 heavy (non-hydrogen) atoms. The van der Waals surface area contributed by atoms with E-state index in [-0.39, 0.29) is 16.7 Å². The van der Waals surface area contributed by atoms with Crippen molar-refractivity contribution >= 4 is 56.8 Å². The van der Waals surface area contributed by atoms with Crippen molar-refractivity contribution in [3.8, 4) is 0 Å². The quantitative estimate of drug-likeness (QED) is 0.623. The lowest BCUT2D eigenvalue weighted by atomic mass is 9.88. The van der Waals surface area contributed by atoms with E-state index in [1.54, 1.807) is 0 Å². The number of urea groups is 1. The van der Waals surface area contributed by atoms with E-state index in [2.05, 4.69) is 26.2 Å². The van der Waals surface area contributed by atoms with Crippen LogP contribution < -0.4 is 5.32 Å². The summed E-state index contributed by atoms with van der Waals surface area (Å²) < 4.78 is 0.906. The molecule has 0 bridgehead atoms. The van der Waals surface area contributed by atoms with E-state index in [1.807, 2.05) is 24.3 Å². The van der Waals surface area contributed by atoms with Crippen LogP contribution in [0, 0.1) is 0 Å². The molecule has 1 unspecified atom stereocenters. The Morgan fingerprint density at radius 3 is 2.44 bits per heavy atom. The number of hydrogen-bond donors (Lipinski definition) is 2. The first-order chi connectivity index (χ1) is 12.8. The van der Waals surface area contributed by atoms with E-state index in [4.69, 9.17) is 23.2 Å². The number of likely N-dealkylation sites (tertiary alicyclic amines) is 1. The number of carbonyl (C=O) groups is 2. The molecule has 1 aromatic heterocycles. The number of pyridine rings is 1. The van der Waals surface area contributed by atoms with Crippen LogP contribution in [0.2, 0.25) is 10.3 Å². The second-order valence-electron chi connectivity index (χ2n) is 6.33. The summed E-state index contributed by atoms with van der Waals surface area (Å²) in [6, 6.07) is 9.82. The molecule has 2 heterocycles. The van der Waals surface area contributed by atoms with Crippen LogP contribution in [-0.4, -0.2) is 39.1 Å². The zero-order chi connectivity index (χ0) is 19.6. The van der Waals surface area contributed by atoms with Gasteiger partial charge in [-0.05, 0) is 42.7 Å². The summed E-state index contributed by atoms with van der Waals surface area (Å²) in [4.78, 5) is 30.2. The molecule has 0 radical (unpaired) electrons. The fourth-order valence-electron chi connectivity index (χ4n) is 3.32. The summed E-state index contributed by atoms with van der Waals surface area (Å²) in [6.45, 7) is 0.348. The number of halogens is 3.